The van der Waals surface area contributed by atoms with Crippen LogP contribution in [0.1, 0.15) is 26.2 Å². The lowest BCUT2D eigenvalue weighted by Crippen LogP contribution is -2.14. The van der Waals surface area contributed by atoms with E-state index in [0.717, 1.165) is 13.0 Å². The van der Waals surface area contributed by atoms with E-state index in [1.165, 1.54) is 12.8 Å². The number of hydrogen-bond acceptors (Lipinski definition) is 2. The van der Waals surface area contributed by atoms with Crippen LogP contribution in [0.25, 0.3) is 0 Å². The molecule has 0 saturated carbocycles. The van der Waals surface area contributed by atoms with Crippen LogP contribution in [0.2, 0.25) is 0 Å². The minimum atomic E-state index is 0.443. The zero-order chi connectivity index (χ0) is 6.69. The summed E-state index contributed by atoms with van der Waals surface area (Å²) in [6.07, 6.45) is 3.96. The summed E-state index contributed by atoms with van der Waals surface area (Å²) in [5.41, 5.74) is 0. The van der Waals surface area contributed by atoms with Gasteiger partial charge in [0, 0.05) is 11.9 Å². The van der Waals surface area contributed by atoms with Crippen LogP contribution in [-0.2, 0) is 4.74 Å². The highest BCUT2D eigenvalue weighted by atomic mass is 32.1. The van der Waals surface area contributed by atoms with Gasteiger partial charge in [-0.05, 0) is 12.8 Å². The second-order valence-corrected chi connectivity index (χ2v) is 3.22. The molecule has 2 atom stereocenters. The molecule has 2 heteroatoms. The van der Waals surface area contributed by atoms with Crippen molar-refractivity contribution in [2.75, 3.05) is 6.61 Å². The predicted molar refractivity (Wildman–Crippen MR) is 42.0 cm³/mol. The van der Waals surface area contributed by atoms with Crippen molar-refractivity contribution in [3.63, 3.8) is 0 Å². The van der Waals surface area contributed by atoms with Crippen LogP contribution in [-0.4, -0.2) is 18.0 Å². The Balaban J connectivity index is 2.22. The first kappa shape index (κ1) is 7.42. The maximum Gasteiger partial charge on any atom is 0.0691 e. The Bertz CT molecular complexity index is 85.0. The van der Waals surface area contributed by atoms with E-state index in [2.05, 4.69) is 19.6 Å². The third-order valence-electron chi connectivity index (χ3n) is 1.75. The Morgan fingerprint density at radius 1 is 1.67 bits per heavy atom. The first-order chi connectivity index (χ1) is 4.34. The van der Waals surface area contributed by atoms with Crippen molar-refractivity contribution in [1.82, 2.24) is 0 Å². The fourth-order valence-electron chi connectivity index (χ4n) is 1.20. The molecule has 0 aromatic heterocycles. The third-order valence-corrected chi connectivity index (χ3v) is 2.34. The SMILES string of the molecule is CCCC1OCCC1S. The van der Waals surface area contributed by atoms with Crippen molar-refractivity contribution >= 4 is 12.6 Å². The lowest BCUT2D eigenvalue weighted by molar-refractivity contribution is 0.106. The molecule has 0 bridgehead atoms. The minimum absolute atomic E-state index is 0.443. The molecule has 0 aromatic rings. The molecule has 0 spiro atoms. The van der Waals surface area contributed by atoms with E-state index >= 15 is 0 Å². The van der Waals surface area contributed by atoms with Gasteiger partial charge in [-0.15, -0.1) is 0 Å². The molecular weight excluding hydrogens is 132 g/mol. The smallest absolute Gasteiger partial charge is 0.0691 e. The molecule has 0 aliphatic carbocycles. The molecule has 54 valence electrons. The number of thiol groups is 1. The Hall–Kier alpha value is 0.310. The number of hydrogen-bond donors (Lipinski definition) is 1. The summed E-state index contributed by atoms with van der Waals surface area (Å²) in [5, 5.41) is 0.505. The quantitative estimate of drug-likeness (QED) is 0.585. The van der Waals surface area contributed by atoms with Crippen LogP contribution in [0, 0.1) is 0 Å². The average molecular weight is 146 g/mol. The maximum absolute atomic E-state index is 5.43. The fourth-order valence-corrected chi connectivity index (χ4v) is 1.54. The highest BCUT2D eigenvalue weighted by molar-refractivity contribution is 7.81. The monoisotopic (exact) mass is 146 g/mol. The zero-order valence-electron chi connectivity index (χ0n) is 5.84. The fraction of sp³-hybridized carbons (Fsp3) is 1.00. The topological polar surface area (TPSA) is 9.23 Å². The van der Waals surface area contributed by atoms with Gasteiger partial charge in [-0.25, -0.2) is 0 Å². The summed E-state index contributed by atoms with van der Waals surface area (Å²) in [6.45, 7) is 3.10. The normalized spacial score (nSPS) is 35.3. The lowest BCUT2D eigenvalue weighted by atomic mass is 10.1. The second kappa shape index (κ2) is 3.47. The standard InChI is InChI=1S/C7H14OS/c1-2-3-6-7(9)4-5-8-6/h6-7,9H,2-5H2,1H3. The van der Waals surface area contributed by atoms with Gasteiger partial charge in [0.05, 0.1) is 6.10 Å². The van der Waals surface area contributed by atoms with Crippen LogP contribution < -0.4 is 0 Å². The van der Waals surface area contributed by atoms with Crippen LogP contribution in [0.5, 0.6) is 0 Å². The molecule has 0 N–H and O–H groups in total. The average Bonchev–Trinajstić information content (AvgIpc) is 2.18. The molecule has 1 nitrogen and oxygen atoms in total. The molecule has 2 unspecified atom stereocenters. The van der Waals surface area contributed by atoms with Gasteiger partial charge in [0.1, 0.15) is 0 Å². The van der Waals surface area contributed by atoms with Crippen LogP contribution in [0.15, 0.2) is 0 Å². The third kappa shape index (κ3) is 1.87. The first-order valence-electron chi connectivity index (χ1n) is 3.64. The summed E-state index contributed by atoms with van der Waals surface area (Å²) >= 11 is 4.40. The predicted octanol–water partition coefficient (Wildman–Crippen LogP) is 1.87. The minimum Gasteiger partial charge on any atom is -0.377 e. The Kier molecular flexibility index (Phi) is 2.86. The summed E-state index contributed by atoms with van der Waals surface area (Å²) in [5.74, 6) is 0. The van der Waals surface area contributed by atoms with E-state index < -0.39 is 0 Å². The van der Waals surface area contributed by atoms with Crippen molar-refractivity contribution in [1.29, 1.82) is 0 Å². The molecule has 0 amide bonds. The molecule has 0 radical (unpaired) electrons. The van der Waals surface area contributed by atoms with E-state index in [0.29, 0.717) is 11.4 Å². The van der Waals surface area contributed by atoms with E-state index in [4.69, 9.17) is 4.74 Å². The van der Waals surface area contributed by atoms with E-state index in [1.807, 2.05) is 0 Å². The lowest BCUT2D eigenvalue weighted by Gasteiger charge is -2.11. The zero-order valence-corrected chi connectivity index (χ0v) is 6.73. The Morgan fingerprint density at radius 2 is 2.44 bits per heavy atom. The van der Waals surface area contributed by atoms with Gasteiger partial charge < -0.3 is 4.74 Å². The van der Waals surface area contributed by atoms with E-state index in [1.54, 1.807) is 0 Å². The highest BCUT2D eigenvalue weighted by Crippen LogP contribution is 2.22. The van der Waals surface area contributed by atoms with Crippen molar-refractivity contribution in [2.24, 2.45) is 0 Å². The van der Waals surface area contributed by atoms with Crippen molar-refractivity contribution in [3.05, 3.63) is 0 Å². The molecular formula is C7H14OS. The summed E-state index contributed by atoms with van der Waals surface area (Å²) in [6, 6.07) is 0. The van der Waals surface area contributed by atoms with Gasteiger partial charge in [-0.1, -0.05) is 13.3 Å². The highest BCUT2D eigenvalue weighted by Gasteiger charge is 2.23. The van der Waals surface area contributed by atoms with Crippen molar-refractivity contribution in [2.45, 2.75) is 37.5 Å². The van der Waals surface area contributed by atoms with Gasteiger partial charge in [0.15, 0.2) is 0 Å². The Labute approximate surface area is 62.2 Å². The maximum atomic E-state index is 5.43. The number of ether oxygens (including phenoxy) is 1. The summed E-state index contributed by atoms with van der Waals surface area (Å²) < 4.78 is 5.43. The molecule has 1 saturated heterocycles. The van der Waals surface area contributed by atoms with Gasteiger partial charge in [0.2, 0.25) is 0 Å². The largest absolute Gasteiger partial charge is 0.377 e. The second-order valence-electron chi connectivity index (χ2n) is 2.55. The van der Waals surface area contributed by atoms with Crippen molar-refractivity contribution < 1.29 is 4.74 Å². The van der Waals surface area contributed by atoms with Crippen LogP contribution in [0.3, 0.4) is 0 Å². The Morgan fingerprint density at radius 3 is 2.89 bits per heavy atom. The van der Waals surface area contributed by atoms with Crippen LogP contribution >= 0.6 is 12.6 Å². The first-order valence-corrected chi connectivity index (χ1v) is 4.16. The van der Waals surface area contributed by atoms with Crippen LogP contribution in [0.4, 0.5) is 0 Å². The summed E-state index contributed by atoms with van der Waals surface area (Å²) in [7, 11) is 0. The van der Waals surface area contributed by atoms with E-state index in [9.17, 15) is 0 Å². The van der Waals surface area contributed by atoms with Gasteiger partial charge >= 0.3 is 0 Å². The molecule has 9 heavy (non-hydrogen) atoms. The number of rotatable bonds is 2. The molecule has 1 aliphatic rings. The molecule has 1 aliphatic heterocycles. The molecule has 1 fully saturated rings. The van der Waals surface area contributed by atoms with Gasteiger partial charge in [-0.3, -0.25) is 0 Å². The van der Waals surface area contributed by atoms with Gasteiger partial charge in [-0.2, -0.15) is 12.6 Å². The van der Waals surface area contributed by atoms with E-state index in [-0.39, 0.29) is 0 Å². The molecule has 1 rings (SSSR count). The van der Waals surface area contributed by atoms with Crippen molar-refractivity contribution in [3.8, 4) is 0 Å². The summed E-state index contributed by atoms with van der Waals surface area (Å²) in [4.78, 5) is 0. The molecule has 0 aromatic carbocycles. The molecule has 1 heterocycles. The van der Waals surface area contributed by atoms with Gasteiger partial charge in [0.25, 0.3) is 0 Å².